The molecule has 0 saturated carbocycles. The van der Waals surface area contributed by atoms with Crippen LogP contribution in [0.5, 0.6) is 0 Å². The molecule has 0 rings (SSSR count). The molecule has 3 atom stereocenters. The Bertz CT molecular complexity index is 525. The molecule has 0 aromatic heterocycles. The van der Waals surface area contributed by atoms with E-state index in [0.717, 1.165) is 0 Å². The molecule has 0 bridgehead atoms. The summed E-state index contributed by atoms with van der Waals surface area (Å²) in [4.78, 5) is 2.19. The Labute approximate surface area is 254 Å². The van der Waals surface area contributed by atoms with Crippen molar-refractivity contribution in [2.75, 3.05) is 59.5 Å². The summed E-state index contributed by atoms with van der Waals surface area (Å²) in [5, 5.41) is 0. The van der Waals surface area contributed by atoms with E-state index >= 15 is 0 Å². The third kappa shape index (κ3) is 14.6. The van der Waals surface area contributed by atoms with E-state index in [9.17, 15) is 0 Å². The standard InChI is InChI=1S/C27H63NO9Si3/c1-10-29-22(19-25(38,32-13-4)33-14-5)28(23(30-11-2)20-26(39,34-15-6)35-16-7)24(31-12-3)21-27(40,36-17-8)37-18-9/h22-24H,10-21H2,1-9,38-40H3. The maximum atomic E-state index is 6.50. The van der Waals surface area contributed by atoms with E-state index < -0.39 is 34.9 Å². The Balaban J connectivity index is 6.99. The number of hydrogen-bond acceptors (Lipinski definition) is 10. The molecule has 10 nitrogen and oxygen atoms in total. The quantitative estimate of drug-likeness (QED) is 0.0962. The van der Waals surface area contributed by atoms with Gasteiger partial charge in [0.15, 0.2) is 0 Å². The van der Waals surface area contributed by atoms with Crippen molar-refractivity contribution in [1.82, 2.24) is 4.90 Å². The Morgan fingerprint density at radius 1 is 0.400 bits per heavy atom. The number of rotatable bonds is 27. The maximum Gasteiger partial charge on any atom is 0.145 e. The van der Waals surface area contributed by atoms with Gasteiger partial charge in [-0.25, -0.2) is 4.90 Å². The molecular formula is C27H63NO9Si3. The molecule has 3 unspecified atom stereocenters. The second-order valence-corrected chi connectivity index (χ2v) is 14.4. The molecule has 242 valence electrons. The van der Waals surface area contributed by atoms with Gasteiger partial charge in [0, 0.05) is 78.7 Å². The van der Waals surface area contributed by atoms with Gasteiger partial charge < -0.3 is 42.6 Å². The van der Waals surface area contributed by atoms with Crippen LogP contribution in [0, 0.1) is 0 Å². The van der Waals surface area contributed by atoms with Gasteiger partial charge >= 0.3 is 0 Å². The van der Waals surface area contributed by atoms with Crippen LogP contribution in [0.3, 0.4) is 0 Å². The average Bonchev–Trinajstić information content (AvgIpc) is 2.85. The normalized spacial score (nSPS) is 15.8. The second kappa shape index (κ2) is 21.9. The Morgan fingerprint density at radius 2 is 0.600 bits per heavy atom. The van der Waals surface area contributed by atoms with Crippen molar-refractivity contribution in [3.63, 3.8) is 0 Å². The minimum atomic E-state index is -0.731. The summed E-state index contributed by atoms with van der Waals surface area (Å²) in [6, 6.07) is 0. The Morgan fingerprint density at radius 3 is 0.750 bits per heavy atom. The number of ether oxygens (including phenoxy) is 9. The molecular weight excluding hydrogens is 567 g/mol. The highest BCUT2D eigenvalue weighted by atomic mass is 28.2. The fourth-order valence-corrected chi connectivity index (χ4v) is 7.93. The van der Waals surface area contributed by atoms with Crippen molar-refractivity contribution in [2.24, 2.45) is 0 Å². The van der Waals surface area contributed by atoms with Crippen molar-refractivity contribution in [2.45, 2.75) is 116 Å². The third-order valence-corrected chi connectivity index (χ3v) is 9.37. The predicted molar refractivity (Wildman–Crippen MR) is 170 cm³/mol. The molecule has 0 spiro atoms. The zero-order chi connectivity index (χ0) is 30.7. The lowest BCUT2D eigenvalue weighted by molar-refractivity contribution is -0.287. The van der Waals surface area contributed by atoms with Crippen LogP contribution in [0.4, 0.5) is 0 Å². The van der Waals surface area contributed by atoms with Crippen molar-refractivity contribution in [3.05, 3.63) is 0 Å². The SMILES string of the molecule is CCOC(CC([SiH3])(OCC)OCC)N(C(CC([SiH3])(OCC)OCC)OCC)C(CC([SiH3])(OCC)OCC)OCC. The van der Waals surface area contributed by atoms with Gasteiger partial charge in [0.2, 0.25) is 0 Å². The summed E-state index contributed by atoms with van der Waals surface area (Å²) in [5.41, 5.74) is -2.19. The average molecular weight is 630 g/mol. The fraction of sp³-hybridized carbons (Fsp3) is 1.00. The van der Waals surface area contributed by atoms with E-state index in [2.05, 4.69) is 4.90 Å². The molecule has 40 heavy (non-hydrogen) atoms. The first-order valence-electron chi connectivity index (χ1n) is 15.5. The summed E-state index contributed by atoms with van der Waals surface area (Å²) >= 11 is 0. The van der Waals surface area contributed by atoms with E-state index in [0.29, 0.717) is 109 Å². The van der Waals surface area contributed by atoms with Gasteiger partial charge in [-0.15, -0.1) is 0 Å². The third-order valence-electron chi connectivity index (χ3n) is 6.41. The van der Waals surface area contributed by atoms with E-state index in [1.54, 1.807) is 0 Å². The smallest absolute Gasteiger partial charge is 0.145 e. The molecule has 0 aliphatic heterocycles. The summed E-state index contributed by atoms with van der Waals surface area (Å²) < 4.78 is 56.7. The lowest BCUT2D eigenvalue weighted by Crippen LogP contribution is -2.60. The molecule has 0 N–H and O–H groups in total. The highest BCUT2D eigenvalue weighted by molar-refractivity contribution is 6.14. The van der Waals surface area contributed by atoms with Crippen LogP contribution in [0.1, 0.15) is 81.6 Å². The molecule has 0 aliphatic rings. The van der Waals surface area contributed by atoms with Crippen LogP contribution in [-0.2, 0) is 42.6 Å². The summed E-state index contributed by atoms with van der Waals surface area (Å²) in [5.74, 6) is 0. The minimum absolute atomic E-state index is 0.433. The van der Waals surface area contributed by atoms with Crippen LogP contribution in [0.15, 0.2) is 0 Å². The maximum absolute atomic E-state index is 6.50. The second-order valence-electron chi connectivity index (χ2n) is 9.79. The lowest BCUT2D eigenvalue weighted by Gasteiger charge is -2.47. The lowest BCUT2D eigenvalue weighted by atomic mass is 10.2. The van der Waals surface area contributed by atoms with Crippen LogP contribution >= 0.6 is 0 Å². The Kier molecular flexibility index (Phi) is 22.0. The fourth-order valence-electron chi connectivity index (χ4n) is 5.15. The van der Waals surface area contributed by atoms with Crippen molar-refractivity contribution in [3.8, 4) is 0 Å². The highest BCUT2D eigenvalue weighted by Gasteiger charge is 2.45. The van der Waals surface area contributed by atoms with Crippen LogP contribution in [-0.4, -0.2) is 130 Å². The largest absolute Gasteiger partial charge is 0.363 e. The molecule has 0 fully saturated rings. The van der Waals surface area contributed by atoms with Crippen molar-refractivity contribution < 1.29 is 42.6 Å². The first-order valence-corrected chi connectivity index (χ1v) is 18.5. The zero-order valence-corrected chi connectivity index (χ0v) is 33.8. The van der Waals surface area contributed by atoms with Gasteiger partial charge in [-0.2, -0.15) is 0 Å². The molecule has 13 heteroatoms. The van der Waals surface area contributed by atoms with Crippen molar-refractivity contribution in [1.29, 1.82) is 0 Å². The van der Waals surface area contributed by atoms with Gasteiger partial charge in [0.25, 0.3) is 0 Å². The number of nitrogens with zero attached hydrogens (tertiary/aromatic N) is 1. The molecule has 0 aliphatic carbocycles. The Hall–Kier alpha value is 0.251. The molecule has 0 radical (unpaired) electrons. The summed E-state index contributed by atoms with van der Waals surface area (Å²) in [6.45, 7) is 22.7. The summed E-state index contributed by atoms with van der Waals surface area (Å²) in [7, 11) is 1.97. The summed E-state index contributed by atoms with van der Waals surface area (Å²) in [6.07, 6.45) is 0.190. The first kappa shape index (κ1) is 40.3. The topological polar surface area (TPSA) is 86.3 Å². The molecule has 0 amide bonds. The van der Waals surface area contributed by atoms with Crippen LogP contribution in [0.2, 0.25) is 0 Å². The van der Waals surface area contributed by atoms with E-state index in [1.165, 1.54) is 0 Å². The zero-order valence-electron chi connectivity index (χ0n) is 27.8. The van der Waals surface area contributed by atoms with Gasteiger partial charge in [-0.1, -0.05) is 0 Å². The van der Waals surface area contributed by atoms with E-state index in [1.807, 2.05) is 62.3 Å². The molecule has 0 aromatic carbocycles. The van der Waals surface area contributed by atoms with Crippen LogP contribution < -0.4 is 0 Å². The van der Waals surface area contributed by atoms with Crippen LogP contribution in [0.25, 0.3) is 0 Å². The minimum Gasteiger partial charge on any atom is -0.363 e. The van der Waals surface area contributed by atoms with E-state index in [-0.39, 0.29) is 0 Å². The monoisotopic (exact) mass is 629 g/mol. The van der Waals surface area contributed by atoms with Crippen molar-refractivity contribution >= 4 is 30.7 Å². The predicted octanol–water partition coefficient (Wildman–Crippen LogP) is 0.823. The first-order chi connectivity index (χ1) is 19.0. The van der Waals surface area contributed by atoms with E-state index in [4.69, 9.17) is 42.6 Å². The van der Waals surface area contributed by atoms with Gasteiger partial charge in [0.05, 0.1) is 30.7 Å². The molecule has 0 aromatic rings. The van der Waals surface area contributed by atoms with Gasteiger partial charge in [0.1, 0.15) is 34.9 Å². The number of hydrogen-bond donors (Lipinski definition) is 0. The van der Waals surface area contributed by atoms with Gasteiger partial charge in [-0.05, 0) is 62.3 Å². The molecule has 0 heterocycles. The molecule has 0 saturated heterocycles. The van der Waals surface area contributed by atoms with Gasteiger partial charge in [-0.3, -0.25) is 0 Å². The highest BCUT2D eigenvalue weighted by Crippen LogP contribution is 2.32.